The Balaban J connectivity index is 2.24. The van der Waals surface area contributed by atoms with Gasteiger partial charge in [-0.25, -0.2) is 4.39 Å². The molecule has 4 heteroatoms. The maximum absolute atomic E-state index is 13.3. The Bertz CT molecular complexity index is 462. The number of hydrogen-bond donors (Lipinski definition) is 2. The molecule has 0 saturated carbocycles. The van der Waals surface area contributed by atoms with Crippen LogP contribution < -0.4 is 5.73 Å². The standard InChI is InChI=1S/C15H22FN3/c1-10-4-3-5-11(2)19(10)9-12-6-7-13(16)8-14(12)15(17)18/h6-8,10-11H,3-5,9H2,1-2H3,(H3,17,18)/t10-,11+. The predicted octanol–water partition coefficient (Wildman–Crippen LogP) is 2.87. The number of nitrogens with zero attached hydrogens (tertiary/aromatic N) is 1. The monoisotopic (exact) mass is 263 g/mol. The molecule has 1 aliphatic rings. The zero-order valence-corrected chi connectivity index (χ0v) is 11.6. The summed E-state index contributed by atoms with van der Waals surface area (Å²) in [4.78, 5) is 2.42. The summed E-state index contributed by atoms with van der Waals surface area (Å²) in [6.07, 6.45) is 3.66. The Morgan fingerprint density at radius 2 is 2.00 bits per heavy atom. The molecule has 19 heavy (non-hydrogen) atoms. The maximum Gasteiger partial charge on any atom is 0.123 e. The van der Waals surface area contributed by atoms with Crippen LogP contribution >= 0.6 is 0 Å². The Kier molecular flexibility index (Phi) is 4.20. The van der Waals surface area contributed by atoms with Crippen molar-refractivity contribution in [3.63, 3.8) is 0 Å². The van der Waals surface area contributed by atoms with E-state index in [1.807, 2.05) is 0 Å². The molecule has 0 aromatic heterocycles. The van der Waals surface area contributed by atoms with Crippen LogP contribution in [0.2, 0.25) is 0 Å². The van der Waals surface area contributed by atoms with Crippen LogP contribution in [-0.2, 0) is 6.54 Å². The summed E-state index contributed by atoms with van der Waals surface area (Å²) in [5, 5.41) is 7.58. The smallest absolute Gasteiger partial charge is 0.123 e. The van der Waals surface area contributed by atoms with Gasteiger partial charge in [0.1, 0.15) is 11.7 Å². The van der Waals surface area contributed by atoms with Crippen LogP contribution in [0.3, 0.4) is 0 Å². The van der Waals surface area contributed by atoms with Crippen molar-refractivity contribution >= 4 is 5.84 Å². The number of likely N-dealkylation sites (tertiary alicyclic amines) is 1. The molecule has 1 aromatic carbocycles. The van der Waals surface area contributed by atoms with Gasteiger partial charge in [-0.3, -0.25) is 10.3 Å². The average molecular weight is 263 g/mol. The maximum atomic E-state index is 13.3. The molecule has 1 aromatic rings. The number of nitrogen functional groups attached to an aromatic ring is 1. The van der Waals surface area contributed by atoms with Gasteiger partial charge in [0.15, 0.2) is 0 Å². The van der Waals surface area contributed by atoms with E-state index in [4.69, 9.17) is 11.1 Å². The number of amidine groups is 1. The SMILES string of the molecule is C[C@@H]1CCC[C@H](C)N1Cc1ccc(F)cc1C(=N)N. The Hall–Kier alpha value is -1.42. The van der Waals surface area contributed by atoms with E-state index in [1.165, 1.54) is 31.4 Å². The molecule has 0 radical (unpaired) electrons. The highest BCUT2D eigenvalue weighted by Gasteiger charge is 2.25. The van der Waals surface area contributed by atoms with Crippen molar-refractivity contribution in [1.82, 2.24) is 4.90 Å². The second kappa shape index (κ2) is 5.70. The minimum Gasteiger partial charge on any atom is -0.384 e. The first-order valence-electron chi connectivity index (χ1n) is 6.87. The molecule has 1 aliphatic heterocycles. The van der Waals surface area contributed by atoms with Crippen molar-refractivity contribution in [1.29, 1.82) is 5.41 Å². The Morgan fingerprint density at radius 3 is 2.58 bits per heavy atom. The first kappa shape index (κ1) is 14.0. The van der Waals surface area contributed by atoms with E-state index in [2.05, 4.69) is 18.7 Å². The molecule has 3 N–H and O–H groups in total. The summed E-state index contributed by atoms with van der Waals surface area (Å²) in [6, 6.07) is 5.60. The topological polar surface area (TPSA) is 53.1 Å². The molecule has 2 rings (SSSR count). The molecule has 2 atom stereocenters. The van der Waals surface area contributed by atoms with Gasteiger partial charge in [0.25, 0.3) is 0 Å². The summed E-state index contributed by atoms with van der Waals surface area (Å²) < 4.78 is 13.3. The molecular formula is C15H22FN3. The van der Waals surface area contributed by atoms with E-state index in [-0.39, 0.29) is 11.7 Å². The normalized spacial score (nSPS) is 24.4. The van der Waals surface area contributed by atoms with Crippen molar-refractivity contribution in [2.24, 2.45) is 5.73 Å². The third kappa shape index (κ3) is 3.13. The average Bonchev–Trinajstić information content (AvgIpc) is 2.35. The predicted molar refractivity (Wildman–Crippen MR) is 75.7 cm³/mol. The second-order valence-corrected chi connectivity index (χ2v) is 5.52. The van der Waals surface area contributed by atoms with E-state index in [9.17, 15) is 4.39 Å². The lowest BCUT2D eigenvalue weighted by molar-refractivity contribution is 0.0952. The van der Waals surface area contributed by atoms with Crippen LogP contribution in [-0.4, -0.2) is 22.8 Å². The first-order chi connectivity index (χ1) is 8.99. The summed E-state index contributed by atoms with van der Waals surface area (Å²) in [6.45, 7) is 5.19. The van der Waals surface area contributed by atoms with E-state index in [1.54, 1.807) is 6.07 Å². The molecule has 0 bridgehead atoms. The molecule has 0 unspecified atom stereocenters. The van der Waals surface area contributed by atoms with Crippen molar-refractivity contribution in [2.75, 3.05) is 0 Å². The molecule has 1 heterocycles. The summed E-state index contributed by atoms with van der Waals surface area (Å²) >= 11 is 0. The third-order valence-corrected chi connectivity index (χ3v) is 4.09. The molecule has 104 valence electrons. The minimum atomic E-state index is -0.339. The zero-order chi connectivity index (χ0) is 14.0. The third-order valence-electron chi connectivity index (χ3n) is 4.09. The number of nitrogens with two attached hydrogens (primary N) is 1. The molecule has 0 amide bonds. The number of nitrogens with one attached hydrogen (secondary N) is 1. The Morgan fingerprint density at radius 1 is 1.37 bits per heavy atom. The number of rotatable bonds is 3. The number of benzene rings is 1. The van der Waals surface area contributed by atoms with E-state index in [0.717, 1.165) is 12.1 Å². The van der Waals surface area contributed by atoms with Crippen LogP contribution in [0.25, 0.3) is 0 Å². The summed E-state index contributed by atoms with van der Waals surface area (Å²) in [5.41, 5.74) is 7.01. The summed E-state index contributed by atoms with van der Waals surface area (Å²) in [5.74, 6) is -0.402. The van der Waals surface area contributed by atoms with Gasteiger partial charge >= 0.3 is 0 Å². The van der Waals surface area contributed by atoms with Crippen LogP contribution in [0.4, 0.5) is 4.39 Å². The Labute approximate surface area is 114 Å². The van der Waals surface area contributed by atoms with Gasteiger partial charge in [-0.15, -0.1) is 0 Å². The van der Waals surface area contributed by atoms with E-state index >= 15 is 0 Å². The van der Waals surface area contributed by atoms with E-state index < -0.39 is 0 Å². The molecule has 0 spiro atoms. The quantitative estimate of drug-likeness (QED) is 0.651. The second-order valence-electron chi connectivity index (χ2n) is 5.52. The van der Waals surface area contributed by atoms with Crippen LogP contribution in [0.1, 0.15) is 44.2 Å². The van der Waals surface area contributed by atoms with Crippen LogP contribution in [0.5, 0.6) is 0 Å². The van der Waals surface area contributed by atoms with Crippen molar-refractivity contribution in [3.8, 4) is 0 Å². The fourth-order valence-electron chi connectivity index (χ4n) is 2.92. The fraction of sp³-hybridized carbons (Fsp3) is 0.533. The minimum absolute atomic E-state index is 0.0631. The van der Waals surface area contributed by atoms with Crippen LogP contribution in [0, 0.1) is 11.2 Å². The molecule has 1 saturated heterocycles. The van der Waals surface area contributed by atoms with Gasteiger partial charge in [-0.05, 0) is 44.4 Å². The molecular weight excluding hydrogens is 241 g/mol. The van der Waals surface area contributed by atoms with Gasteiger partial charge in [0.05, 0.1) is 0 Å². The van der Waals surface area contributed by atoms with Gasteiger partial charge < -0.3 is 5.73 Å². The molecule has 0 aliphatic carbocycles. The van der Waals surface area contributed by atoms with Crippen molar-refractivity contribution in [3.05, 3.63) is 35.1 Å². The zero-order valence-electron chi connectivity index (χ0n) is 11.6. The summed E-state index contributed by atoms with van der Waals surface area (Å²) in [7, 11) is 0. The molecule has 3 nitrogen and oxygen atoms in total. The molecule has 1 fully saturated rings. The van der Waals surface area contributed by atoms with Crippen molar-refractivity contribution < 1.29 is 4.39 Å². The highest BCUT2D eigenvalue weighted by atomic mass is 19.1. The number of hydrogen-bond acceptors (Lipinski definition) is 2. The van der Waals surface area contributed by atoms with Crippen molar-refractivity contribution in [2.45, 2.75) is 51.7 Å². The van der Waals surface area contributed by atoms with Gasteiger partial charge in [-0.2, -0.15) is 0 Å². The lowest BCUT2D eigenvalue weighted by atomic mass is 9.95. The fourth-order valence-corrected chi connectivity index (χ4v) is 2.92. The first-order valence-corrected chi connectivity index (χ1v) is 6.87. The van der Waals surface area contributed by atoms with Gasteiger partial charge in [0.2, 0.25) is 0 Å². The van der Waals surface area contributed by atoms with Crippen LogP contribution in [0.15, 0.2) is 18.2 Å². The van der Waals surface area contributed by atoms with Gasteiger partial charge in [-0.1, -0.05) is 12.5 Å². The largest absolute Gasteiger partial charge is 0.384 e. The number of piperidine rings is 1. The highest BCUT2D eigenvalue weighted by Crippen LogP contribution is 2.25. The lowest BCUT2D eigenvalue weighted by Crippen LogP contribution is -2.43. The lowest BCUT2D eigenvalue weighted by Gasteiger charge is -2.39. The van der Waals surface area contributed by atoms with E-state index in [0.29, 0.717) is 17.6 Å². The van der Waals surface area contributed by atoms with Gasteiger partial charge in [0, 0.05) is 24.2 Å². The highest BCUT2D eigenvalue weighted by molar-refractivity contribution is 5.96. The number of halogens is 1.